The molecule has 0 atom stereocenters. The number of rotatable bonds is 4. The van der Waals surface area contributed by atoms with Gasteiger partial charge in [-0.05, 0) is 42.5 Å². The summed E-state index contributed by atoms with van der Waals surface area (Å²) in [5.41, 5.74) is 3.92. The summed E-state index contributed by atoms with van der Waals surface area (Å²) in [4.78, 5) is 23.5. The number of Topliss-reactive ketones (excluding diaryl/α,β-unsaturated/α-hetero) is 1. The number of benzene rings is 1. The van der Waals surface area contributed by atoms with Crippen molar-refractivity contribution in [3.63, 3.8) is 0 Å². The Balaban J connectivity index is 1.87. The van der Waals surface area contributed by atoms with Crippen molar-refractivity contribution < 1.29 is 14.3 Å². The van der Waals surface area contributed by atoms with E-state index in [1.165, 1.54) is 0 Å². The third-order valence-electron chi connectivity index (χ3n) is 3.59. The molecule has 1 aliphatic carbocycles. The first-order chi connectivity index (χ1) is 10.7. The second-order valence-corrected chi connectivity index (χ2v) is 7.08. The van der Waals surface area contributed by atoms with Crippen molar-refractivity contribution in [3.05, 3.63) is 28.8 Å². The lowest BCUT2D eigenvalue weighted by Crippen LogP contribution is -2.32. The lowest BCUT2D eigenvalue weighted by molar-refractivity contribution is -0.123. The zero-order valence-electron chi connectivity index (χ0n) is 13.6. The van der Waals surface area contributed by atoms with Crippen LogP contribution in [0.5, 0.6) is 5.75 Å². The van der Waals surface area contributed by atoms with Crippen molar-refractivity contribution in [1.82, 2.24) is 5.43 Å². The molecule has 1 amide bonds. The smallest absolute Gasteiger partial charge is 0.277 e. The summed E-state index contributed by atoms with van der Waals surface area (Å²) in [5.74, 6) is 0.399. The van der Waals surface area contributed by atoms with Crippen LogP contribution in [0.3, 0.4) is 0 Å². The Morgan fingerprint density at radius 1 is 1.39 bits per heavy atom. The summed E-state index contributed by atoms with van der Waals surface area (Å²) in [6, 6.07) is 5.20. The molecule has 5 nitrogen and oxygen atoms in total. The molecule has 0 spiro atoms. The summed E-state index contributed by atoms with van der Waals surface area (Å²) >= 11 is 5.87. The third-order valence-corrected chi connectivity index (χ3v) is 3.83. The van der Waals surface area contributed by atoms with Crippen LogP contribution >= 0.6 is 11.6 Å². The summed E-state index contributed by atoms with van der Waals surface area (Å²) in [7, 11) is 0. The molecule has 1 N–H and O–H groups in total. The van der Waals surface area contributed by atoms with E-state index in [0.717, 1.165) is 5.56 Å². The number of aryl methyl sites for hydroxylation is 1. The number of nitrogens with one attached hydrogen (secondary N) is 1. The van der Waals surface area contributed by atoms with E-state index in [1.54, 1.807) is 18.2 Å². The summed E-state index contributed by atoms with van der Waals surface area (Å²) in [5, 5.41) is 4.69. The molecule has 1 saturated carbocycles. The van der Waals surface area contributed by atoms with Crippen molar-refractivity contribution >= 4 is 29.0 Å². The Morgan fingerprint density at radius 3 is 2.78 bits per heavy atom. The summed E-state index contributed by atoms with van der Waals surface area (Å²) < 4.78 is 5.45. The van der Waals surface area contributed by atoms with Gasteiger partial charge in [0, 0.05) is 23.6 Å². The van der Waals surface area contributed by atoms with Crippen LogP contribution in [0, 0.1) is 12.3 Å². The fraction of sp³-hybridized carbons (Fsp3) is 0.471. The molecule has 0 unspecified atom stereocenters. The van der Waals surface area contributed by atoms with E-state index in [1.807, 2.05) is 20.8 Å². The van der Waals surface area contributed by atoms with Gasteiger partial charge in [-0.15, -0.1) is 0 Å². The van der Waals surface area contributed by atoms with Gasteiger partial charge in [0.1, 0.15) is 11.5 Å². The van der Waals surface area contributed by atoms with E-state index in [-0.39, 0.29) is 23.7 Å². The second-order valence-electron chi connectivity index (χ2n) is 6.64. The zero-order valence-corrected chi connectivity index (χ0v) is 14.4. The molecule has 6 heteroatoms. The first-order valence-electron chi connectivity index (χ1n) is 7.50. The number of amides is 1. The Labute approximate surface area is 141 Å². The Kier molecular flexibility index (Phi) is 5.42. The van der Waals surface area contributed by atoms with E-state index in [9.17, 15) is 9.59 Å². The standard InChI is InChI=1S/C17H21ClN2O3/c1-11-6-12(18)4-5-15(11)23-10-16(22)20-19-13-7-14(21)9-17(2,3)8-13/h4-6H,7-10H2,1-3H3,(H,20,22)/b19-13+. The predicted octanol–water partition coefficient (Wildman–Crippen LogP) is 3.28. The number of carbonyl (C=O) groups excluding carboxylic acids is 2. The van der Waals surface area contributed by atoms with Crippen molar-refractivity contribution in [2.45, 2.75) is 40.0 Å². The Hall–Kier alpha value is -1.88. The maximum Gasteiger partial charge on any atom is 0.277 e. The Bertz CT molecular complexity index is 653. The van der Waals surface area contributed by atoms with Gasteiger partial charge in [-0.25, -0.2) is 5.43 Å². The van der Waals surface area contributed by atoms with E-state index >= 15 is 0 Å². The van der Waals surface area contributed by atoms with Crippen LogP contribution in [0.25, 0.3) is 0 Å². The molecule has 0 radical (unpaired) electrons. The first kappa shape index (κ1) is 17.5. The Morgan fingerprint density at radius 2 is 2.13 bits per heavy atom. The molecule has 1 aliphatic rings. The third kappa shape index (κ3) is 5.36. The van der Waals surface area contributed by atoms with Gasteiger partial charge in [0.25, 0.3) is 5.91 Å². The van der Waals surface area contributed by atoms with Crippen molar-refractivity contribution in [1.29, 1.82) is 0 Å². The monoisotopic (exact) mass is 336 g/mol. The highest BCUT2D eigenvalue weighted by molar-refractivity contribution is 6.30. The van der Waals surface area contributed by atoms with Gasteiger partial charge >= 0.3 is 0 Å². The minimum Gasteiger partial charge on any atom is -0.483 e. The molecule has 23 heavy (non-hydrogen) atoms. The molecular weight excluding hydrogens is 316 g/mol. The van der Waals surface area contributed by atoms with E-state index in [2.05, 4.69) is 10.5 Å². The summed E-state index contributed by atoms with van der Waals surface area (Å²) in [6.07, 6.45) is 1.57. The molecule has 0 aromatic heterocycles. The second kappa shape index (κ2) is 7.13. The molecular formula is C17H21ClN2O3. The maximum atomic E-state index is 11.8. The molecule has 0 bridgehead atoms. The number of hydrazone groups is 1. The van der Waals surface area contributed by atoms with Crippen molar-refractivity contribution in [2.24, 2.45) is 10.5 Å². The molecule has 0 heterocycles. The number of nitrogens with zero attached hydrogens (tertiary/aromatic N) is 1. The van der Waals surface area contributed by atoms with Gasteiger partial charge in [0.2, 0.25) is 0 Å². The molecule has 0 aliphatic heterocycles. The molecule has 0 saturated heterocycles. The molecule has 1 aromatic rings. The fourth-order valence-electron chi connectivity index (χ4n) is 2.67. The van der Waals surface area contributed by atoms with Crippen LogP contribution in [0.15, 0.2) is 23.3 Å². The van der Waals surface area contributed by atoms with Gasteiger partial charge in [0.15, 0.2) is 6.61 Å². The van der Waals surface area contributed by atoms with Crippen LogP contribution in [0.2, 0.25) is 5.02 Å². The van der Waals surface area contributed by atoms with E-state index in [0.29, 0.717) is 35.7 Å². The zero-order chi connectivity index (χ0) is 17.0. The highest BCUT2D eigenvalue weighted by Crippen LogP contribution is 2.31. The van der Waals surface area contributed by atoms with Crippen molar-refractivity contribution in [2.75, 3.05) is 6.61 Å². The van der Waals surface area contributed by atoms with Crippen LogP contribution in [0.4, 0.5) is 0 Å². The van der Waals surface area contributed by atoms with E-state index < -0.39 is 0 Å². The topological polar surface area (TPSA) is 67.8 Å². The SMILES string of the molecule is Cc1cc(Cl)ccc1OCC(=O)N/N=C1\CC(=O)CC(C)(C)C1. The van der Waals surface area contributed by atoms with Crippen LogP contribution < -0.4 is 10.2 Å². The highest BCUT2D eigenvalue weighted by atomic mass is 35.5. The highest BCUT2D eigenvalue weighted by Gasteiger charge is 2.30. The average molecular weight is 337 g/mol. The van der Waals surface area contributed by atoms with E-state index in [4.69, 9.17) is 16.3 Å². The van der Waals surface area contributed by atoms with Gasteiger partial charge in [-0.2, -0.15) is 5.10 Å². The van der Waals surface area contributed by atoms with Crippen LogP contribution in [-0.4, -0.2) is 24.0 Å². The normalized spacial score (nSPS) is 18.8. The lowest BCUT2D eigenvalue weighted by Gasteiger charge is -2.28. The number of hydrogen-bond acceptors (Lipinski definition) is 4. The largest absolute Gasteiger partial charge is 0.483 e. The summed E-state index contributed by atoms with van der Waals surface area (Å²) in [6.45, 7) is 5.76. The minimum absolute atomic E-state index is 0.101. The first-order valence-corrected chi connectivity index (χ1v) is 7.88. The average Bonchev–Trinajstić information content (AvgIpc) is 2.42. The minimum atomic E-state index is -0.359. The molecule has 1 fully saturated rings. The molecule has 2 rings (SSSR count). The van der Waals surface area contributed by atoms with Gasteiger partial charge in [-0.1, -0.05) is 25.4 Å². The number of hydrogen-bond donors (Lipinski definition) is 1. The maximum absolute atomic E-state index is 11.8. The molecule has 1 aromatic carbocycles. The quantitative estimate of drug-likeness (QED) is 0.858. The fourth-order valence-corrected chi connectivity index (χ4v) is 2.90. The van der Waals surface area contributed by atoms with Gasteiger partial charge in [-0.3, -0.25) is 9.59 Å². The lowest BCUT2D eigenvalue weighted by atomic mass is 9.76. The van der Waals surface area contributed by atoms with Crippen LogP contribution in [-0.2, 0) is 9.59 Å². The predicted molar refractivity (Wildman–Crippen MR) is 89.9 cm³/mol. The number of halogens is 1. The van der Waals surface area contributed by atoms with Crippen LogP contribution in [0.1, 0.15) is 38.7 Å². The van der Waals surface area contributed by atoms with Gasteiger partial charge < -0.3 is 4.74 Å². The molecule has 124 valence electrons. The van der Waals surface area contributed by atoms with Gasteiger partial charge in [0.05, 0.1) is 0 Å². The van der Waals surface area contributed by atoms with Crippen molar-refractivity contribution in [3.8, 4) is 5.75 Å². The number of ketones is 1. The number of carbonyl (C=O) groups is 2. The number of ether oxygens (including phenoxy) is 1.